The summed E-state index contributed by atoms with van der Waals surface area (Å²) in [5.41, 5.74) is -0.0770. The number of fused-ring (bicyclic) bond motifs is 1. The maximum absolute atomic E-state index is 12.6. The van der Waals surface area contributed by atoms with Gasteiger partial charge in [0.15, 0.2) is 5.41 Å². The number of methoxy groups -OCH3 is 2. The third-order valence-corrected chi connectivity index (χ3v) is 6.23. The molecule has 1 atom stereocenters. The van der Waals surface area contributed by atoms with E-state index >= 15 is 0 Å². The number of amides is 2. The number of imide groups is 1. The summed E-state index contributed by atoms with van der Waals surface area (Å²) in [4.78, 5) is 51.3. The molecule has 1 aromatic rings. The summed E-state index contributed by atoms with van der Waals surface area (Å²) in [5.74, 6) is -2.47. The monoisotopic (exact) mass is 461 g/mol. The van der Waals surface area contributed by atoms with E-state index in [0.29, 0.717) is 21.2 Å². The predicted octanol–water partition coefficient (Wildman–Crippen LogP) is 2.86. The number of ether oxygens (including phenoxy) is 2. The normalized spacial score (nSPS) is 21.6. The SMILES string of the molecule is C=CC1CC(C(=O)OC)(C(=O)OC)C/C1=C(/Br)CN1C(=O)c2ccccc2C1=O. The second-order valence-corrected chi connectivity index (χ2v) is 7.92. The van der Waals surface area contributed by atoms with Crippen molar-refractivity contribution in [2.75, 3.05) is 20.8 Å². The Balaban J connectivity index is 1.95. The smallest absolute Gasteiger partial charge is 0.323 e. The van der Waals surface area contributed by atoms with Gasteiger partial charge in [0.05, 0.1) is 31.9 Å². The summed E-state index contributed by atoms with van der Waals surface area (Å²) in [7, 11) is 2.43. The van der Waals surface area contributed by atoms with Crippen molar-refractivity contribution < 1.29 is 28.7 Å². The van der Waals surface area contributed by atoms with Gasteiger partial charge in [-0.25, -0.2) is 0 Å². The van der Waals surface area contributed by atoms with Gasteiger partial charge < -0.3 is 9.47 Å². The van der Waals surface area contributed by atoms with Gasteiger partial charge in [-0.05, 0) is 30.5 Å². The quantitative estimate of drug-likeness (QED) is 0.289. The van der Waals surface area contributed by atoms with Gasteiger partial charge >= 0.3 is 11.9 Å². The maximum atomic E-state index is 12.6. The van der Waals surface area contributed by atoms with Crippen LogP contribution in [-0.4, -0.2) is 49.4 Å². The predicted molar refractivity (Wildman–Crippen MR) is 107 cm³/mol. The number of halogens is 1. The van der Waals surface area contributed by atoms with Crippen LogP contribution in [0.3, 0.4) is 0 Å². The zero-order valence-corrected chi connectivity index (χ0v) is 17.7. The van der Waals surface area contributed by atoms with E-state index in [2.05, 4.69) is 22.5 Å². The van der Waals surface area contributed by atoms with Crippen molar-refractivity contribution in [2.24, 2.45) is 11.3 Å². The van der Waals surface area contributed by atoms with Gasteiger partial charge in [-0.1, -0.05) is 34.1 Å². The van der Waals surface area contributed by atoms with Crippen LogP contribution in [0.1, 0.15) is 33.6 Å². The van der Waals surface area contributed by atoms with Crippen LogP contribution in [0.2, 0.25) is 0 Å². The highest BCUT2D eigenvalue weighted by Crippen LogP contribution is 2.49. The van der Waals surface area contributed by atoms with Crippen molar-refractivity contribution in [3.8, 4) is 0 Å². The fourth-order valence-corrected chi connectivity index (χ4v) is 4.64. The van der Waals surface area contributed by atoms with Crippen LogP contribution >= 0.6 is 15.9 Å². The molecular formula is C21H20BrNO6. The minimum absolute atomic E-state index is 0.00948. The van der Waals surface area contributed by atoms with Crippen molar-refractivity contribution in [1.82, 2.24) is 4.90 Å². The second kappa shape index (κ2) is 7.94. The third kappa shape index (κ3) is 3.31. The molecule has 0 N–H and O–H groups in total. The van der Waals surface area contributed by atoms with Crippen LogP contribution in [0.25, 0.3) is 0 Å². The lowest BCUT2D eigenvalue weighted by atomic mass is 9.85. The molecule has 0 spiro atoms. The van der Waals surface area contributed by atoms with E-state index in [-0.39, 0.29) is 37.1 Å². The molecule has 2 aliphatic rings. The van der Waals surface area contributed by atoms with Gasteiger partial charge in [0.25, 0.3) is 11.8 Å². The number of carbonyl (C=O) groups excluding carboxylic acids is 4. The highest BCUT2D eigenvalue weighted by molar-refractivity contribution is 9.11. The van der Waals surface area contributed by atoms with E-state index < -0.39 is 17.4 Å². The molecule has 1 fully saturated rings. The summed E-state index contributed by atoms with van der Waals surface area (Å²) in [6.45, 7) is 3.79. The Bertz CT molecular complexity index is 899. The van der Waals surface area contributed by atoms with E-state index in [0.717, 1.165) is 4.90 Å². The zero-order valence-electron chi connectivity index (χ0n) is 16.1. The topological polar surface area (TPSA) is 90.0 Å². The molecule has 1 aliphatic heterocycles. The Morgan fingerprint density at radius 3 is 2.14 bits per heavy atom. The van der Waals surface area contributed by atoms with Crippen LogP contribution < -0.4 is 0 Å². The molecule has 1 unspecified atom stereocenters. The summed E-state index contributed by atoms with van der Waals surface area (Å²) in [6.07, 6.45) is 1.82. The van der Waals surface area contributed by atoms with Gasteiger partial charge in [-0.15, -0.1) is 6.58 Å². The Hall–Kier alpha value is -2.74. The van der Waals surface area contributed by atoms with Gasteiger partial charge in [0.1, 0.15) is 0 Å². The Kier molecular flexibility index (Phi) is 5.75. The fraction of sp³-hybridized carbons (Fsp3) is 0.333. The first kappa shape index (κ1) is 21.0. The van der Waals surface area contributed by atoms with Crippen molar-refractivity contribution in [2.45, 2.75) is 12.8 Å². The van der Waals surface area contributed by atoms with Gasteiger partial charge in [-0.3, -0.25) is 24.1 Å². The molecular weight excluding hydrogens is 442 g/mol. The standard InChI is InChI=1S/C21H20BrNO6/c1-4-12-9-21(19(26)28-2,20(27)29-3)10-15(12)16(22)11-23-17(24)13-7-5-6-8-14(13)18(23)25/h4-8,12H,1,9-11H2,2-3H3/b16-15-. The fourth-order valence-electron chi connectivity index (χ4n) is 3.96. The minimum Gasteiger partial charge on any atom is -0.468 e. The highest BCUT2D eigenvalue weighted by atomic mass is 79.9. The molecule has 8 heteroatoms. The average molecular weight is 462 g/mol. The average Bonchev–Trinajstić information content (AvgIpc) is 3.26. The van der Waals surface area contributed by atoms with Crippen molar-refractivity contribution in [3.05, 3.63) is 58.1 Å². The molecule has 1 aliphatic carbocycles. The number of esters is 2. The maximum Gasteiger partial charge on any atom is 0.323 e. The molecule has 1 aromatic carbocycles. The summed E-state index contributed by atoms with van der Waals surface area (Å²) >= 11 is 3.47. The van der Waals surface area contributed by atoms with Gasteiger partial charge in [-0.2, -0.15) is 0 Å². The number of hydrogen-bond acceptors (Lipinski definition) is 6. The van der Waals surface area contributed by atoms with Gasteiger partial charge in [0.2, 0.25) is 0 Å². The van der Waals surface area contributed by atoms with Crippen molar-refractivity contribution in [3.63, 3.8) is 0 Å². The van der Waals surface area contributed by atoms with E-state index in [9.17, 15) is 19.2 Å². The summed E-state index contributed by atoms with van der Waals surface area (Å²) < 4.78 is 10.3. The van der Waals surface area contributed by atoms with Crippen molar-refractivity contribution >= 4 is 39.7 Å². The largest absolute Gasteiger partial charge is 0.468 e. The Morgan fingerprint density at radius 1 is 1.17 bits per heavy atom. The molecule has 29 heavy (non-hydrogen) atoms. The first-order chi connectivity index (χ1) is 13.8. The van der Waals surface area contributed by atoms with E-state index in [1.54, 1.807) is 30.3 Å². The van der Waals surface area contributed by atoms with Crippen LogP contribution in [0.15, 0.2) is 47.0 Å². The van der Waals surface area contributed by atoms with Gasteiger partial charge in [0, 0.05) is 10.4 Å². The Morgan fingerprint density at radius 2 is 1.69 bits per heavy atom. The van der Waals surface area contributed by atoms with E-state index in [1.165, 1.54) is 14.2 Å². The first-order valence-corrected chi connectivity index (χ1v) is 9.72. The summed E-state index contributed by atoms with van der Waals surface area (Å²) in [5, 5.41) is 0. The molecule has 7 nitrogen and oxygen atoms in total. The Labute approximate surface area is 176 Å². The molecule has 152 valence electrons. The highest BCUT2D eigenvalue weighted by Gasteiger charge is 2.55. The van der Waals surface area contributed by atoms with E-state index in [1.807, 2.05) is 0 Å². The molecule has 3 rings (SSSR count). The van der Waals surface area contributed by atoms with Crippen LogP contribution in [0.4, 0.5) is 0 Å². The lowest BCUT2D eigenvalue weighted by molar-refractivity contribution is -0.168. The molecule has 0 bridgehead atoms. The number of nitrogens with zero attached hydrogens (tertiary/aromatic N) is 1. The molecule has 0 radical (unpaired) electrons. The minimum atomic E-state index is -1.49. The van der Waals surface area contributed by atoms with E-state index in [4.69, 9.17) is 9.47 Å². The molecule has 2 amide bonds. The molecule has 0 aromatic heterocycles. The van der Waals surface area contributed by atoms with Crippen LogP contribution in [-0.2, 0) is 19.1 Å². The molecule has 1 heterocycles. The lowest BCUT2D eigenvalue weighted by Gasteiger charge is -2.22. The third-order valence-electron chi connectivity index (χ3n) is 5.47. The second-order valence-electron chi connectivity index (χ2n) is 6.96. The van der Waals surface area contributed by atoms with Crippen molar-refractivity contribution in [1.29, 1.82) is 0 Å². The van der Waals surface area contributed by atoms with Crippen LogP contribution in [0, 0.1) is 11.3 Å². The number of benzene rings is 1. The first-order valence-electron chi connectivity index (χ1n) is 8.92. The molecule has 1 saturated carbocycles. The summed E-state index contributed by atoms with van der Waals surface area (Å²) in [6, 6.07) is 6.62. The number of rotatable bonds is 5. The number of carbonyl (C=O) groups is 4. The zero-order chi connectivity index (χ0) is 21.3. The number of allylic oxidation sites excluding steroid dienone is 2. The lowest BCUT2D eigenvalue weighted by Crippen LogP contribution is -2.39. The van der Waals surface area contributed by atoms with Crippen LogP contribution in [0.5, 0.6) is 0 Å². The molecule has 0 saturated heterocycles. The number of hydrogen-bond donors (Lipinski definition) is 0.